The Morgan fingerprint density at radius 2 is 2.00 bits per heavy atom. The van der Waals surface area contributed by atoms with Crippen LogP contribution >= 0.6 is 39.1 Å². The Balaban J connectivity index is 2.34. The van der Waals surface area contributed by atoms with Crippen molar-refractivity contribution in [2.45, 2.75) is 19.3 Å². The Morgan fingerprint density at radius 3 is 2.68 bits per heavy atom. The molecule has 0 radical (unpaired) electrons. The second-order valence-corrected chi connectivity index (χ2v) is 5.65. The van der Waals surface area contributed by atoms with Gasteiger partial charge in [0.15, 0.2) is 0 Å². The van der Waals surface area contributed by atoms with Crippen LogP contribution in [0, 0.1) is 0 Å². The molecule has 1 aromatic carbocycles. The molecule has 1 N–H and O–H groups in total. The molecule has 0 saturated heterocycles. The minimum absolute atomic E-state index is 0.0927. The molecular formula is C14H16BrCl2NO. The van der Waals surface area contributed by atoms with Crippen molar-refractivity contribution in [3.63, 3.8) is 0 Å². The summed E-state index contributed by atoms with van der Waals surface area (Å²) in [6.45, 7) is 0.706. The van der Waals surface area contributed by atoms with E-state index in [1.807, 2.05) is 6.07 Å². The number of amides is 1. The first-order chi connectivity index (χ1) is 9.13. The zero-order valence-corrected chi connectivity index (χ0v) is 13.6. The quantitative estimate of drug-likeness (QED) is 0.424. The molecule has 2 nitrogen and oxygen atoms in total. The minimum Gasteiger partial charge on any atom is -0.353 e. The second kappa shape index (κ2) is 9.40. The topological polar surface area (TPSA) is 29.1 Å². The highest BCUT2D eigenvalue weighted by Gasteiger charge is 1.98. The van der Waals surface area contributed by atoms with Crippen molar-refractivity contribution >= 4 is 51.1 Å². The monoisotopic (exact) mass is 363 g/mol. The van der Waals surface area contributed by atoms with Gasteiger partial charge in [0.05, 0.1) is 10.0 Å². The Labute approximate surface area is 132 Å². The lowest BCUT2D eigenvalue weighted by atomic mass is 10.2. The zero-order valence-electron chi connectivity index (χ0n) is 10.5. The highest BCUT2D eigenvalue weighted by molar-refractivity contribution is 9.09. The average Bonchev–Trinajstić information content (AvgIpc) is 2.40. The van der Waals surface area contributed by atoms with Crippen molar-refractivity contribution in [1.29, 1.82) is 0 Å². The molecule has 0 aliphatic heterocycles. The number of hydrogen-bond donors (Lipinski definition) is 1. The molecular weight excluding hydrogens is 349 g/mol. The lowest BCUT2D eigenvalue weighted by molar-refractivity contribution is -0.116. The molecule has 5 heteroatoms. The molecule has 0 spiro atoms. The highest BCUT2D eigenvalue weighted by atomic mass is 79.9. The van der Waals surface area contributed by atoms with Gasteiger partial charge in [-0.15, -0.1) is 0 Å². The van der Waals surface area contributed by atoms with Crippen LogP contribution in [0.1, 0.15) is 24.8 Å². The van der Waals surface area contributed by atoms with Crippen LogP contribution in [0.3, 0.4) is 0 Å². The fourth-order valence-corrected chi connectivity index (χ4v) is 2.16. The molecule has 0 fully saturated rings. The molecule has 104 valence electrons. The number of halogens is 3. The number of nitrogens with one attached hydrogen (secondary N) is 1. The standard InChI is InChI=1S/C14H16BrCl2NO/c15-8-2-1-3-9-18-14(19)7-5-11-4-6-12(16)13(17)10-11/h4-7,10H,1-3,8-9H2,(H,18,19). The predicted octanol–water partition coefficient (Wildman–Crippen LogP) is 4.69. The molecule has 0 aromatic heterocycles. The van der Waals surface area contributed by atoms with Crippen molar-refractivity contribution in [3.05, 3.63) is 39.9 Å². The SMILES string of the molecule is O=C(C=Cc1ccc(Cl)c(Cl)c1)NCCCCCBr. The van der Waals surface area contributed by atoms with Crippen molar-refractivity contribution in [3.8, 4) is 0 Å². The van der Waals surface area contributed by atoms with Crippen LogP contribution in [0.5, 0.6) is 0 Å². The first-order valence-corrected chi connectivity index (χ1v) is 7.98. The van der Waals surface area contributed by atoms with E-state index in [0.717, 1.165) is 30.2 Å². The number of carbonyl (C=O) groups is 1. The number of alkyl halides is 1. The number of carbonyl (C=O) groups excluding carboxylic acids is 1. The van der Waals surface area contributed by atoms with Gasteiger partial charge in [-0.1, -0.05) is 51.6 Å². The predicted molar refractivity (Wildman–Crippen MR) is 86.2 cm³/mol. The molecule has 0 heterocycles. The van der Waals surface area contributed by atoms with Crippen molar-refractivity contribution in [2.24, 2.45) is 0 Å². The average molecular weight is 365 g/mol. The van der Waals surface area contributed by atoms with E-state index >= 15 is 0 Å². The molecule has 0 bridgehead atoms. The number of unbranched alkanes of at least 4 members (excludes halogenated alkanes) is 2. The summed E-state index contributed by atoms with van der Waals surface area (Å²) < 4.78 is 0. The van der Waals surface area contributed by atoms with Gasteiger partial charge in [0.1, 0.15) is 0 Å². The molecule has 0 saturated carbocycles. The Kier molecular flexibility index (Phi) is 8.19. The maximum Gasteiger partial charge on any atom is 0.243 e. The molecule has 1 amide bonds. The van der Waals surface area contributed by atoms with Gasteiger partial charge in [0, 0.05) is 18.0 Å². The largest absolute Gasteiger partial charge is 0.353 e. The third-order valence-electron chi connectivity index (χ3n) is 2.48. The summed E-state index contributed by atoms with van der Waals surface area (Å²) in [5.41, 5.74) is 0.851. The third-order valence-corrected chi connectivity index (χ3v) is 3.78. The summed E-state index contributed by atoms with van der Waals surface area (Å²) in [6.07, 6.45) is 6.47. The van der Waals surface area contributed by atoms with Crippen LogP contribution in [-0.2, 0) is 4.79 Å². The van der Waals surface area contributed by atoms with E-state index in [1.54, 1.807) is 18.2 Å². The maximum absolute atomic E-state index is 11.5. The van der Waals surface area contributed by atoms with Crippen LogP contribution in [0.15, 0.2) is 24.3 Å². The van der Waals surface area contributed by atoms with Gasteiger partial charge >= 0.3 is 0 Å². The van der Waals surface area contributed by atoms with Crippen molar-refractivity contribution < 1.29 is 4.79 Å². The lowest BCUT2D eigenvalue weighted by Gasteiger charge is -2.01. The minimum atomic E-state index is -0.0927. The highest BCUT2D eigenvalue weighted by Crippen LogP contribution is 2.22. The van der Waals surface area contributed by atoms with E-state index in [9.17, 15) is 4.79 Å². The van der Waals surface area contributed by atoms with Crippen LogP contribution in [0.2, 0.25) is 10.0 Å². The summed E-state index contributed by atoms with van der Waals surface area (Å²) >= 11 is 15.1. The van der Waals surface area contributed by atoms with Crippen LogP contribution in [-0.4, -0.2) is 17.8 Å². The fourth-order valence-electron chi connectivity index (χ4n) is 1.45. The Hall–Kier alpha value is -0.510. The summed E-state index contributed by atoms with van der Waals surface area (Å²) in [5, 5.41) is 4.84. The molecule has 0 aliphatic rings. The lowest BCUT2D eigenvalue weighted by Crippen LogP contribution is -2.21. The van der Waals surface area contributed by atoms with E-state index < -0.39 is 0 Å². The maximum atomic E-state index is 11.5. The number of rotatable bonds is 7. The van der Waals surface area contributed by atoms with Crippen LogP contribution < -0.4 is 5.32 Å². The number of benzene rings is 1. The van der Waals surface area contributed by atoms with Crippen molar-refractivity contribution in [2.75, 3.05) is 11.9 Å². The van der Waals surface area contributed by atoms with E-state index in [1.165, 1.54) is 6.08 Å². The summed E-state index contributed by atoms with van der Waals surface area (Å²) in [4.78, 5) is 11.5. The molecule has 0 unspecified atom stereocenters. The summed E-state index contributed by atoms with van der Waals surface area (Å²) in [6, 6.07) is 5.25. The Morgan fingerprint density at radius 1 is 1.21 bits per heavy atom. The van der Waals surface area contributed by atoms with Gasteiger partial charge in [0.2, 0.25) is 5.91 Å². The summed E-state index contributed by atoms with van der Waals surface area (Å²) in [7, 11) is 0. The van der Waals surface area contributed by atoms with Gasteiger partial charge in [-0.25, -0.2) is 0 Å². The van der Waals surface area contributed by atoms with Gasteiger partial charge < -0.3 is 5.32 Å². The van der Waals surface area contributed by atoms with E-state index in [4.69, 9.17) is 23.2 Å². The Bertz CT molecular complexity index is 449. The van der Waals surface area contributed by atoms with Gasteiger partial charge in [-0.2, -0.15) is 0 Å². The zero-order chi connectivity index (χ0) is 14.1. The fraction of sp³-hybridized carbons (Fsp3) is 0.357. The molecule has 1 rings (SSSR count). The normalized spacial score (nSPS) is 10.9. The van der Waals surface area contributed by atoms with E-state index in [2.05, 4.69) is 21.2 Å². The third kappa shape index (κ3) is 7.00. The van der Waals surface area contributed by atoms with Gasteiger partial charge in [-0.3, -0.25) is 4.79 Å². The first-order valence-electron chi connectivity index (χ1n) is 6.10. The van der Waals surface area contributed by atoms with Crippen molar-refractivity contribution in [1.82, 2.24) is 5.32 Å². The molecule has 19 heavy (non-hydrogen) atoms. The molecule has 0 atom stereocenters. The van der Waals surface area contributed by atoms with Crippen LogP contribution in [0.4, 0.5) is 0 Å². The first kappa shape index (κ1) is 16.5. The second-order valence-electron chi connectivity index (χ2n) is 4.05. The molecule has 0 aliphatic carbocycles. The van der Waals surface area contributed by atoms with Crippen LogP contribution in [0.25, 0.3) is 6.08 Å². The van der Waals surface area contributed by atoms with Gasteiger partial charge in [0.25, 0.3) is 0 Å². The summed E-state index contributed by atoms with van der Waals surface area (Å²) in [5.74, 6) is -0.0927. The smallest absolute Gasteiger partial charge is 0.243 e. The van der Waals surface area contributed by atoms with E-state index in [0.29, 0.717) is 16.6 Å². The number of hydrogen-bond acceptors (Lipinski definition) is 1. The van der Waals surface area contributed by atoms with E-state index in [-0.39, 0.29) is 5.91 Å². The molecule has 1 aromatic rings. The van der Waals surface area contributed by atoms with Gasteiger partial charge in [-0.05, 0) is 36.6 Å².